The predicted molar refractivity (Wildman–Crippen MR) is 51.5 cm³/mol. The van der Waals surface area contributed by atoms with Crippen LogP contribution in [0.5, 0.6) is 0 Å². The summed E-state index contributed by atoms with van der Waals surface area (Å²) in [4.78, 5) is 11.0. The first-order valence-corrected chi connectivity index (χ1v) is 4.28. The second-order valence-corrected chi connectivity index (χ2v) is 2.86. The zero-order valence-electron chi connectivity index (χ0n) is 7.99. The van der Waals surface area contributed by atoms with Crippen LogP contribution >= 0.6 is 0 Å². The first-order chi connectivity index (χ1) is 6.77. The molecule has 0 aromatic heterocycles. The molecule has 0 amide bonds. The van der Waals surface area contributed by atoms with E-state index < -0.39 is 0 Å². The van der Waals surface area contributed by atoms with Crippen molar-refractivity contribution >= 4 is 5.97 Å². The van der Waals surface area contributed by atoms with Crippen LogP contribution < -0.4 is 0 Å². The van der Waals surface area contributed by atoms with Crippen molar-refractivity contribution in [2.45, 2.75) is 12.8 Å². The van der Waals surface area contributed by atoms with E-state index in [2.05, 4.69) is 10.8 Å². The highest BCUT2D eigenvalue weighted by Crippen LogP contribution is 2.10. The molecule has 0 saturated carbocycles. The van der Waals surface area contributed by atoms with Crippen molar-refractivity contribution < 1.29 is 9.53 Å². The van der Waals surface area contributed by atoms with Crippen molar-refractivity contribution in [3.05, 3.63) is 35.4 Å². The topological polar surface area (TPSA) is 50.1 Å². The zero-order valence-corrected chi connectivity index (χ0v) is 7.99. The summed E-state index contributed by atoms with van der Waals surface area (Å²) in [6, 6.07) is 9.45. The largest absolute Gasteiger partial charge is 0.469 e. The third-order valence-electron chi connectivity index (χ3n) is 1.95. The lowest BCUT2D eigenvalue weighted by molar-refractivity contribution is -0.139. The maximum absolute atomic E-state index is 11.0. The molecule has 0 aliphatic carbocycles. The molecule has 0 spiro atoms. The van der Waals surface area contributed by atoms with E-state index in [-0.39, 0.29) is 12.4 Å². The monoisotopic (exact) mass is 189 g/mol. The number of hydrogen-bond acceptors (Lipinski definition) is 3. The van der Waals surface area contributed by atoms with Crippen molar-refractivity contribution in [1.29, 1.82) is 5.26 Å². The second-order valence-electron chi connectivity index (χ2n) is 2.86. The minimum absolute atomic E-state index is 0.231. The van der Waals surface area contributed by atoms with Crippen molar-refractivity contribution in [3.63, 3.8) is 0 Å². The minimum atomic E-state index is -0.282. The van der Waals surface area contributed by atoms with Crippen LogP contribution in [-0.4, -0.2) is 13.1 Å². The van der Waals surface area contributed by atoms with Crippen LogP contribution in [0.2, 0.25) is 0 Å². The average Bonchev–Trinajstić information content (AvgIpc) is 2.21. The lowest BCUT2D eigenvalue weighted by atomic mass is 10.0. The van der Waals surface area contributed by atoms with E-state index in [1.54, 1.807) is 0 Å². The molecule has 0 radical (unpaired) electrons. The summed E-state index contributed by atoms with van der Waals surface area (Å²) in [5.41, 5.74) is 1.75. The van der Waals surface area contributed by atoms with Gasteiger partial charge in [-0.2, -0.15) is 5.26 Å². The van der Waals surface area contributed by atoms with Gasteiger partial charge in [-0.15, -0.1) is 0 Å². The van der Waals surface area contributed by atoms with Gasteiger partial charge in [0.2, 0.25) is 0 Å². The Labute approximate surface area is 82.9 Å². The van der Waals surface area contributed by atoms with Crippen molar-refractivity contribution in [1.82, 2.24) is 0 Å². The molecule has 1 aromatic rings. The molecule has 0 unspecified atom stereocenters. The molecule has 0 heterocycles. The van der Waals surface area contributed by atoms with Gasteiger partial charge in [-0.05, 0) is 11.1 Å². The molecule has 0 fully saturated rings. The number of methoxy groups -OCH3 is 1. The number of ether oxygens (including phenoxy) is 1. The number of nitriles is 1. The predicted octanol–water partition coefficient (Wildman–Crippen LogP) is 1.47. The molecule has 72 valence electrons. The number of carbonyl (C=O) groups is 1. The van der Waals surface area contributed by atoms with Gasteiger partial charge < -0.3 is 4.74 Å². The molecular formula is C11H11NO2. The van der Waals surface area contributed by atoms with Crippen LogP contribution in [0.1, 0.15) is 11.1 Å². The molecule has 1 aromatic carbocycles. The molecule has 0 bridgehead atoms. The van der Waals surface area contributed by atoms with Gasteiger partial charge in [0.05, 0.1) is 26.0 Å². The Kier molecular flexibility index (Phi) is 3.69. The Morgan fingerprint density at radius 1 is 1.43 bits per heavy atom. The standard InChI is InChI=1S/C11H11NO2/c1-14-11(13)8-10-5-3-2-4-9(10)6-7-12/h2-5H,6,8H2,1H3. The number of esters is 1. The van der Waals surface area contributed by atoms with Crippen LogP contribution in [-0.2, 0) is 22.4 Å². The van der Waals surface area contributed by atoms with Crippen LogP contribution in [0.4, 0.5) is 0 Å². The van der Waals surface area contributed by atoms with E-state index in [9.17, 15) is 4.79 Å². The Bertz CT molecular complexity index is 366. The molecule has 0 N–H and O–H groups in total. The third-order valence-corrected chi connectivity index (χ3v) is 1.95. The summed E-state index contributed by atoms with van der Waals surface area (Å²) >= 11 is 0. The Hall–Kier alpha value is -1.82. The maximum atomic E-state index is 11.0. The molecule has 3 heteroatoms. The summed E-state index contributed by atoms with van der Waals surface area (Å²) in [6.45, 7) is 0. The van der Waals surface area contributed by atoms with Crippen molar-refractivity contribution in [3.8, 4) is 6.07 Å². The smallest absolute Gasteiger partial charge is 0.309 e. The van der Waals surface area contributed by atoms with Gasteiger partial charge in [0.25, 0.3) is 0 Å². The highest BCUT2D eigenvalue weighted by molar-refractivity contribution is 5.72. The summed E-state index contributed by atoms with van der Waals surface area (Å²) in [7, 11) is 1.36. The fourth-order valence-electron chi connectivity index (χ4n) is 1.22. The van der Waals surface area contributed by atoms with E-state index in [4.69, 9.17) is 5.26 Å². The highest BCUT2D eigenvalue weighted by Gasteiger charge is 2.06. The SMILES string of the molecule is COC(=O)Cc1ccccc1CC#N. The van der Waals surface area contributed by atoms with Crippen LogP contribution in [0, 0.1) is 11.3 Å². The molecule has 0 atom stereocenters. The lowest BCUT2D eigenvalue weighted by Crippen LogP contribution is -2.06. The average molecular weight is 189 g/mol. The van der Waals surface area contributed by atoms with Crippen molar-refractivity contribution in [2.24, 2.45) is 0 Å². The Morgan fingerprint density at radius 3 is 2.64 bits per heavy atom. The second kappa shape index (κ2) is 5.03. The van der Waals surface area contributed by atoms with Gasteiger partial charge in [0, 0.05) is 0 Å². The Balaban J connectivity index is 2.85. The Morgan fingerprint density at radius 2 is 2.07 bits per heavy atom. The summed E-state index contributed by atoms with van der Waals surface area (Å²) < 4.78 is 4.57. The van der Waals surface area contributed by atoms with Crippen LogP contribution in [0.3, 0.4) is 0 Å². The fraction of sp³-hybridized carbons (Fsp3) is 0.273. The molecule has 0 aliphatic rings. The first-order valence-electron chi connectivity index (χ1n) is 4.28. The zero-order chi connectivity index (χ0) is 10.4. The maximum Gasteiger partial charge on any atom is 0.309 e. The molecule has 14 heavy (non-hydrogen) atoms. The minimum Gasteiger partial charge on any atom is -0.469 e. The van der Waals surface area contributed by atoms with Crippen molar-refractivity contribution in [2.75, 3.05) is 7.11 Å². The van der Waals surface area contributed by atoms with Crippen LogP contribution in [0.15, 0.2) is 24.3 Å². The first kappa shape index (κ1) is 10.3. The van der Waals surface area contributed by atoms with E-state index in [0.29, 0.717) is 6.42 Å². The van der Waals surface area contributed by atoms with Gasteiger partial charge in [0.15, 0.2) is 0 Å². The molecular weight excluding hydrogens is 178 g/mol. The van der Waals surface area contributed by atoms with E-state index in [1.807, 2.05) is 24.3 Å². The van der Waals surface area contributed by atoms with E-state index in [1.165, 1.54) is 7.11 Å². The molecule has 3 nitrogen and oxygen atoms in total. The van der Waals surface area contributed by atoms with Gasteiger partial charge >= 0.3 is 5.97 Å². The molecule has 1 rings (SSSR count). The number of hydrogen-bond donors (Lipinski definition) is 0. The highest BCUT2D eigenvalue weighted by atomic mass is 16.5. The van der Waals surface area contributed by atoms with Gasteiger partial charge in [-0.25, -0.2) is 0 Å². The summed E-state index contributed by atoms with van der Waals surface area (Å²) in [5, 5.41) is 8.57. The summed E-state index contributed by atoms with van der Waals surface area (Å²) in [6.07, 6.45) is 0.557. The van der Waals surface area contributed by atoms with E-state index in [0.717, 1.165) is 11.1 Å². The number of rotatable bonds is 3. The number of benzene rings is 1. The normalized spacial score (nSPS) is 9.14. The lowest BCUT2D eigenvalue weighted by Gasteiger charge is -2.04. The summed E-state index contributed by atoms with van der Waals surface area (Å²) in [5.74, 6) is -0.282. The quantitative estimate of drug-likeness (QED) is 0.676. The van der Waals surface area contributed by atoms with Gasteiger partial charge in [-0.3, -0.25) is 4.79 Å². The molecule has 0 saturated heterocycles. The van der Waals surface area contributed by atoms with Gasteiger partial charge in [-0.1, -0.05) is 24.3 Å². The number of carbonyl (C=O) groups excluding carboxylic acids is 1. The van der Waals surface area contributed by atoms with E-state index >= 15 is 0 Å². The molecule has 0 aliphatic heterocycles. The van der Waals surface area contributed by atoms with Gasteiger partial charge in [0.1, 0.15) is 0 Å². The van der Waals surface area contributed by atoms with Crippen LogP contribution in [0.25, 0.3) is 0 Å². The number of nitrogens with zero attached hydrogens (tertiary/aromatic N) is 1. The fourth-order valence-corrected chi connectivity index (χ4v) is 1.22. The third kappa shape index (κ3) is 2.60.